The van der Waals surface area contributed by atoms with Crippen LogP contribution in [0.3, 0.4) is 0 Å². The molecule has 7 heteroatoms. The highest BCUT2D eigenvalue weighted by Crippen LogP contribution is 2.15. The van der Waals surface area contributed by atoms with Gasteiger partial charge in [-0.25, -0.2) is 8.42 Å². The van der Waals surface area contributed by atoms with Gasteiger partial charge in [0.25, 0.3) is 0 Å². The number of hydrogen-bond donors (Lipinski definition) is 2. The molecule has 0 saturated carbocycles. The van der Waals surface area contributed by atoms with Crippen LogP contribution in [0.25, 0.3) is 0 Å². The van der Waals surface area contributed by atoms with Gasteiger partial charge in [0.15, 0.2) is 15.8 Å². The zero-order chi connectivity index (χ0) is 19.2. The van der Waals surface area contributed by atoms with Gasteiger partial charge in [0.1, 0.15) is 0 Å². The molecule has 0 unspecified atom stereocenters. The van der Waals surface area contributed by atoms with Crippen LogP contribution in [0.1, 0.15) is 32.3 Å². The van der Waals surface area contributed by atoms with E-state index in [0.717, 1.165) is 32.5 Å². The van der Waals surface area contributed by atoms with Crippen molar-refractivity contribution in [2.24, 2.45) is 4.99 Å². The third-order valence-corrected chi connectivity index (χ3v) is 7.24. The number of nitrogens with zero attached hydrogens (tertiary/aromatic N) is 2. The molecule has 1 aliphatic rings. The molecule has 1 fully saturated rings. The Morgan fingerprint density at radius 1 is 1.23 bits per heavy atom. The summed E-state index contributed by atoms with van der Waals surface area (Å²) in [6.45, 7) is 6.85. The van der Waals surface area contributed by atoms with Crippen molar-refractivity contribution < 1.29 is 8.42 Å². The molecule has 1 aliphatic heterocycles. The quantitative estimate of drug-likeness (QED) is 0.580. The number of aliphatic imine (C=N–C) groups is 1. The summed E-state index contributed by atoms with van der Waals surface area (Å²) in [5.74, 6) is 0.670. The number of benzene rings is 1. The van der Waals surface area contributed by atoms with Crippen molar-refractivity contribution in [1.82, 2.24) is 15.5 Å². The number of rotatable bonds is 6. The van der Waals surface area contributed by atoms with Crippen LogP contribution < -0.4 is 10.6 Å². The molecule has 2 rings (SSSR count). The third kappa shape index (κ3) is 5.99. The fourth-order valence-corrected chi connectivity index (χ4v) is 3.23. The van der Waals surface area contributed by atoms with Crippen LogP contribution in [0, 0.1) is 0 Å². The maximum atomic E-state index is 11.8. The number of sulfone groups is 1. The van der Waals surface area contributed by atoms with Crippen molar-refractivity contribution in [3.63, 3.8) is 0 Å². The first kappa shape index (κ1) is 20.7. The summed E-state index contributed by atoms with van der Waals surface area (Å²) >= 11 is 0. The van der Waals surface area contributed by atoms with Crippen LogP contribution in [-0.4, -0.2) is 63.0 Å². The Kier molecular flexibility index (Phi) is 7.06. The SMILES string of the molecule is CN=C(NCC(C)(C)S(C)(=O)=O)NC1CCN(Cc2ccccc2)CC1. The van der Waals surface area contributed by atoms with E-state index in [4.69, 9.17) is 0 Å². The van der Waals surface area contributed by atoms with Crippen molar-refractivity contribution >= 4 is 15.8 Å². The minimum Gasteiger partial charge on any atom is -0.355 e. The van der Waals surface area contributed by atoms with Crippen LogP contribution in [0.15, 0.2) is 35.3 Å². The smallest absolute Gasteiger partial charge is 0.191 e. The highest BCUT2D eigenvalue weighted by atomic mass is 32.2. The minimum atomic E-state index is -3.13. The molecule has 1 heterocycles. The molecular weight excluding hydrogens is 348 g/mol. The average molecular weight is 381 g/mol. The molecule has 0 bridgehead atoms. The molecule has 0 amide bonds. The Labute approximate surface area is 158 Å². The summed E-state index contributed by atoms with van der Waals surface area (Å²) in [5.41, 5.74) is 1.35. The van der Waals surface area contributed by atoms with E-state index in [1.54, 1.807) is 20.9 Å². The summed E-state index contributed by atoms with van der Waals surface area (Å²) < 4.78 is 22.8. The minimum absolute atomic E-state index is 0.332. The second-order valence-electron chi connectivity index (χ2n) is 7.64. The molecule has 146 valence electrons. The van der Waals surface area contributed by atoms with E-state index in [0.29, 0.717) is 18.5 Å². The monoisotopic (exact) mass is 380 g/mol. The Balaban J connectivity index is 1.78. The topological polar surface area (TPSA) is 73.8 Å². The molecule has 0 atom stereocenters. The third-order valence-electron chi connectivity index (χ3n) is 5.09. The number of piperidine rings is 1. The Morgan fingerprint density at radius 2 is 1.85 bits per heavy atom. The molecule has 26 heavy (non-hydrogen) atoms. The second-order valence-corrected chi connectivity index (χ2v) is 10.3. The molecule has 6 nitrogen and oxygen atoms in total. The van der Waals surface area contributed by atoms with E-state index in [9.17, 15) is 8.42 Å². The second kappa shape index (κ2) is 8.86. The standard InChI is InChI=1S/C19H32N4O2S/c1-19(2,26(4,24)25)15-21-18(20-3)22-17-10-12-23(13-11-17)14-16-8-6-5-7-9-16/h5-9,17H,10-15H2,1-4H3,(H2,20,21,22). The molecule has 0 aromatic heterocycles. The molecular formula is C19H32N4O2S. The van der Waals surface area contributed by atoms with E-state index in [-0.39, 0.29) is 0 Å². The van der Waals surface area contributed by atoms with Crippen LogP contribution >= 0.6 is 0 Å². The normalized spacial score (nSPS) is 17.9. The van der Waals surface area contributed by atoms with E-state index >= 15 is 0 Å². The predicted molar refractivity (Wildman–Crippen MR) is 108 cm³/mol. The van der Waals surface area contributed by atoms with Gasteiger partial charge in [-0.3, -0.25) is 9.89 Å². The summed E-state index contributed by atoms with van der Waals surface area (Å²) in [6.07, 6.45) is 3.36. The molecule has 1 aromatic carbocycles. The summed E-state index contributed by atoms with van der Waals surface area (Å²) in [7, 11) is -1.41. The summed E-state index contributed by atoms with van der Waals surface area (Å²) in [5, 5.41) is 6.59. The van der Waals surface area contributed by atoms with Gasteiger partial charge < -0.3 is 10.6 Å². The van der Waals surface area contributed by atoms with Crippen LogP contribution in [0.5, 0.6) is 0 Å². The zero-order valence-electron chi connectivity index (χ0n) is 16.3. The van der Waals surface area contributed by atoms with E-state index in [2.05, 4.69) is 44.8 Å². The van der Waals surface area contributed by atoms with Gasteiger partial charge >= 0.3 is 0 Å². The zero-order valence-corrected chi connectivity index (χ0v) is 17.1. The maximum absolute atomic E-state index is 11.8. The molecule has 1 saturated heterocycles. The van der Waals surface area contributed by atoms with Crippen molar-refractivity contribution in [3.8, 4) is 0 Å². The lowest BCUT2D eigenvalue weighted by Gasteiger charge is -2.33. The van der Waals surface area contributed by atoms with Crippen LogP contribution in [0.4, 0.5) is 0 Å². The van der Waals surface area contributed by atoms with Crippen molar-refractivity contribution in [2.45, 2.75) is 44.0 Å². The van der Waals surface area contributed by atoms with E-state index in [1.165, 1.54) is 11.8 Å². The van der Waals surface area contributed by atoms with Crippen molar-refractivity contribution in [1.29, 1.82) is 0 Å². The largest absolute Gasteiger partial charge is 0.355 e. The van der Waals surface area contributed by atoms with Crippen molar-refractivity contribution in [2.75, 3.05) is 32.9 Å². The Bertz CT molecular complexity index is 694. The summed E-state index contributed by atoms with van der Waals surface area (Å²) in [4.78, 5) is 6.71. The molecule has 2 N–H and O–H groups in total. The molecule has 1 aromatic rings. The first-order valence-corrected chi connectivity index (χ1v) is 11.0. The predicted octanol–water partition coefficient (Wildman–Crippen LogP) is 1.64. The lowest BCUT2D eigenvalue weighted by molar-refractivity contribution is 0.198. The number of likely N-dealkylation sites (tertiary alicyclic amines) is 1. The summed E-state index contributed by atoms with van der Waals surface area (Å²) in [6, 6.07) is 10.9. The first-order chi connectivity index (χ1) is 12.2. The molecule has 0 aliphatic carbocycles. The average Bonchev–Trinajstić information content (AvgIpc) is 2.60. The van der Waals surface area contributed by atoms with Gasteiger partial charge in [-0.2, -0.15) is 0 Å². The molecule has 0 spiro atoms. The number of hydrogen-bond acceptors (Lipinski definition) is 4. The Hall–Kier alpha value is -1.60. The lowest BCUT2D eigenvalue weighted by atomic mass is 10.0. The Morgan fingerprint density at radius 3 is 2.38 bits per heavy atom. The van der Waals surface area contributed by atoms with Crippen LogP contribution in [0.2, 0.25) is 0 Å². The van der Waals surface area contributed by atoms with Gasteiger partial charge in [0.2, 0.25) is 0 Å². The van der Waals surface area contributed by atoms with Crippen LogP contribution in [-0.2, 0) is 16.4 Å². The first-order valence-electron chi connectivity index (χ1n) is 9.14. The van der Waals surface area contributed by atoms with Crippen molar-refractivity contribution in [3.05, 3.63) is 35.9 Å². The fourth-order valence-electron chi connectivity index (χ4n) is 2.89. The van der Waals surface area contributed by atoms with E-state index in [1.807, 2.05) is 6.07 Å². The highest BCUT2D eigenvalue weighted by Gasteiger charge is 2.30. The van der Waals surface area contributed by atoms with Gasteiger partial charge in [0, 0.05) is 45.5 Å². The highest BCUT2D eigenvalue weighted by molar-refractivity contribution is 7.92. The number of guanidine groups is 1. The van der Waals surface area contributed by atoms with Gasteiger partial charge in [-0.05, 0) is 32.3 Å². The van der Waals surface area contributed by atoms with Gasteiger partial charge in [0.05, 0.1) is 4.75 Å². The lowest BCUT2D eigenvalue weighted by Crippen LogP contribution is -2.52. The molecule has 0 radical (unpaired) electrons. The maximum Gasteiger partial charge on any atom is 0.191 e. The van der Waals surface area contributed by atoms with Gasteiger partial charge in [-0.15, -0.1) is 0 Å². The fraction of sp³-hybridized carbons (Fsp3) is 0.632. The van der Waals surface area contributed by atoms with E-state index < -0.39 is 14.6 Å². The van der Waals surface area contributed by atoms with Gasteiger partial charge in [-0.1, -0.05) is 30.3 Å². The number of nitrogens with one attached hydrogen (secondary N) is 2.